The number of imide groups is 1. The van der Waals surface area contributed by atoms with E-state index in [1.807, 2.05) is 24.3 Å². The van der Waals surface area contributed by atoms with Gasteiger partial charge in [0.1, 0.15) is 17.1 Å². The highest BCUT2D eigenvalue weighted by atomic mass is 32.1. The number of aryl methyl sites for hydroxylation is 1. The molecule has 1 aliphatic heterocycles. The molecule has 9 heteroatoms. The predicted molar refractivity (Wildman–Crippen MR) is 130 cm³/mol. The van der Waals surface area contributed by atoms with Gasteiger partial charge in [-0.2, -0.15) is 0 Å². The van der Waals surface area contributed by atoms with Crippen molar-refractivity contribution in [3.8, 4) is 0 Å². The van der Waals surface area contributed by atoms with Crippen LogP contribution in [0.1, 0.15) is 67.5 Å². The number of nitrogens with one attached hydrogen (secondary N) is 2. The summed E-state index contributed by atoms with van der Waals surface area (Å²) in [5, 5.41) is 16.0. The molecule has 1 spiro atoms. The number of hydrogen-bond acceptors (Lipinski definition) is 6. The molecule has 0 unspecified atom stereocenters. The van der Waals surface area contributed by atoms with E-state index >= 15 is 0 Å². The first-order valence-corrected chi connectivity index (χ1v) is 13.6. The fourth-order valence-corrected chi connectivity index (χ4v) is 9.10. The summed E-state index contributed by atoms with van der Waals surface area (Å²) in [6, 6.07) is 7.22. The number of anilines is 1. The normalized spacial score (nSPS) is 34.9. The van der Waals surface area contributed by atoms with Gasteiger partial charge in [-0.05, 0) is 86.7 Å². The van der Waals surface area contributed by atoms with E-state index in [1.54, 1.807) is 0 Å². The van der Waals surface area contributed by atoms with Crippen LogP contribution in [0, 0.1) is 17.8 Å². The maximum Gasteiger partial charge on any atom is 0.325 e. The van der Waals surface area contributed by atoms with Gasteiger partial charge in [0, 0.05) is 5.41 Å². The lowest BCUT2D eigenvalue weighted by Gasteiger charge is -2.55. The average Bonchev–Trinajstić information content (AvgIpc) is 3.38. The van der Waals surface area contributed by atoms with Crippen molar-refractivity contribution in [1.29, 1.82) is 0 Å². The summed E-state index contributed by atoms with van der Waals surface area (Å²) in [6.07, 6.45) is 9.87. The van der Waals surface area contributed by atoms with Crippen LogP contribution >= 0.6 is 11.3 Å². The van der Waals surface area contributed by atoms with Gasteiger partial charge in [0.25, 0.3) is 5.91 Å². The van der Waals surface area contributed by atoms with Crippen LogP contribution in [-0.4, -0.2) is 39.5 Å². The Bertz CT molecular complexity index is 1210. The topological polar surface area (TPSA) is 104 Å². The number of carbonyl (C=O) groups excluding carboxylic acids is 3. The SMILES string of the molecule is O=C(CN1C(=O)N[C@]2(CCCc3ccccc32)C1=O)Nc1nnc(C23CC4CC(CC(C4)C2)C3)s1. The van der Waals surface area contributed by atoms with E-state index in [9.17, 15) is 14.4 Å². The Balaban J connectivity index is 1.06. The lowest BCUT2D eigenvalue weighted by molar-refractivity contribution is -0.134. The molecule has 8 nitrogen and oxygen atoms in total. The van der Waals surface area contributed by atoms with Crippen LogP contribution in [0.25, 0.3) is 0 Å². The lowest BCUT2D eigenvalue weighted by Crippen LogP contribution is -2.48. The van der Waals surface area contributed by atoms with Crippen molar-refractivity contribution in [1.82, 2.24) is 20.4 Å². The number of nitrogens with zero attached hydrogens (tertiary/aromatic N) is 3. The molecular weight excluding hydrogens is 462 g/mol. The average molecular weight is 492 g/mol. The molecule has 35 heavy (non-hydrogen) atoms. The number of rotatable bonds is 4. The highest BCUT2D eigenvalue weighted by Gasteiger charge is 2.55. The molecule has 1 saturated heterocycles. The van der Waals surface area contributed by atoms with Gasteiger partial charge < -0.3 is 5.32 Å². The minimum Gasteiger partial charge on any atom is -0.319 e. The molecule has 1 atom stereocenters. The largest absolute Gasteiger partial charge is 0.325 e. The third-order valence-electron chi connectivity index (χ3n) is 9.12. The van der Waals surface area contributed by atoms with E-state index in [1.165, 1.54) is 49.9 Å². The Hall–Kier alpha value is -2.81. The summed E-state index contributed by atoms with van der Waals surface area (Å²) in [6.45, 7) is -0.332. The Morgan fingerprint density at radius 3 is 2.54 bits per heavy atom. The number of benzene rings is 1. The molecule has 4 bridgehead atoms. The summed E-state index contributed by atoms with van der Waals surface area (Å²) in [4.78, 5) is 40.2. The molecule has 5 aliphatic carbocycles. The zero-order valence-corrected chi connectivity index (χ0v) is 20.4. The zero-order chi connectivity index (χ0) is 23.8. The maximum absolute atomic E-state index is 13.4. The van der Waals surface area contributed by atoms with Gasteiger partial charge in [0.2, 0.25) is 11.0 Å². The minimum absolute atomic E-state index is 0.126. The van der Waals surface area contributed by atoms with Gasteiger partial charge in [-0.15, -0.1) is 10.2 Å². The van der Waals surface area contributed by atoms with E-state index in [0.29, 0.717) is 11.6 Å². The standard InChI is InChI=1S/C26H29N5O3S/c32-20(14-31-22(33)26(28-24(31)34)7-3-5-18-4-1-2-6-19(18)26)27-23-30-29-21(35-23)25-11-15-8-16(12-25)10-17(9-15)13-25/h1-2,4,6,15-17H,3,5,7-14H2,(H,28,34)(H,27,30,32)/t15?,16?,17?,25?,26-/m0/s1. The van der Waals surface area contributed by atoms with Crippen molar-refractivity contribution >= 4 is 34.3 Å². The third kappa shape index (κ3) is 3.27. The molecule has 2 heterocycles. The van der Waals surface area contributed by atoms with Crippen molar-refractivity contribution in [2.45, 2.75) is 68.7 Å². The number of amides is 4. The van der Waals surface area contributed by atoms with Crippen LogP contribution < -0.4 is 10.6 Å². The fourth-order valence-electron chi connectivity index (χ4n) is 8.12. The molecule has 5 fully saturated rings. The Morgan fingerprint density at radius 1 is 1.09 bits per heavy atom. The fraction of sp³-hybridized carbons (Fsp3) is 0.577. The van der Waals surface area contributed by atoms with Crippen LogP contribution in [0.2, 0.25) is 0 Å². The monoisotopic (exact) mass is 491 g/mol. The highest BCUT2D eigenvalue weighted by Crippen LogP contribution is 2.61. The quantitative estimate of drug-likeness (QED) is 0.635. The second-order valence-electron chi connectivity index (χ2n) is 11.4. The Labute approximate surface area is 207 Å². The summed E-state index contributed by atoms with van der Waals surface area (Å²) >= 11 is 1.46. The van der Waals surface area contributed by atoms with E-state index in [4.69, 9.17) is 0 Å². The maximum atomic E-state index is 13.4. The van der Waals surface area contributed by atoms with Crippen LogP contribution in [0.4, 0.5) is 9.93 Å². The van der Waals surface area contributed by atoms with Gasteiger partial charge in [0.15, 0.2) is 0 Å². The number of fused-ring (bicyclic) bond motifs is 2. The number of aromatic nitrogens is 2. The Kier molecular flexibility index (Phi) is 4.66. The van der Waals surface area contributed by atoms with Gasteiger partial charge in [0.05, 0.1) is 0 Å². The number of urea groups is 1. The minimum atomic E-state index is -1.07. The summed E-state index contributed by atoms with van der Waals surface area (Å²) in [7, 11) is 0. The highest BCUT2D eigenvalue weighted by molar-refractivity contribution is 7.15. The van der Waals surface area contributed by atoms with Gasteiger partial charge in [-0.25, -0.2) is 4.79 Å². The van der Waals surface area contributed by atoms with Crippen molar-refractivity contribution in [3.63, 3.8) is 0 Å². The van der Waals surface area contributed by atoms with E-state index in [2.05, 4.69) is 20.8 Å². The van der Waals surface area contributed by atoms with E-state index in [-0.39, 0.29) is 17.9 Å². The molecule has 1 aromatic heterocycles. The predicted octanol–water partition coefficient (Wildman–Crippen LogP) is 3.73. The second-order valence-corrected chi connectivity index (χ2v) is 12.4. The molecule has 2 N–H and O–H groups in total. The molecule has 4 amide bonds. The molecule has 6 aliphatic rings. The van der Waals surface area contributed by atoms with Crippen molar-refractivity contribution in [3.05, 3.63) is 40.4 Å². The first-order valence-electron chi connectivity index (χ1n) is 12.8. The molecule has 182 valence electrons. The van der Waals surface area contributed by atoms with Gasteiger partial charge >= 0.3 is 6.03 Å². The van der Waals surface area contributed by atoms with Gasteiger partial charge in [-0.1, -0.05) is 35.6 Å². The van der Waals surface area contributed by atoms with Crippen LogP contribution in [0.5, 0.6) is 0 Å². The molecule has 1 aromatic carbocycles. The summed E-state index contributed by atoms with van der Waals surface area (Å²) in [5.41, 5.74) is 0.975. The van der Waals surface area contributed by atoms with Crippen LogP contribution in [0.3, 0.4) is 0 Å². The zero-order valence-electron chi connectivity index (χ0n) is 19.6. The van der Waals surface area contributed by atoms with E-state index in [0.717, 1.165) is 51.6 Å². The van der Waals surface area contributed by atoms with Crippen LogP contribution in [0.15, 0.2) is 24.3 Å². The second kappa shape index (κ2) is 7.59. The van der Waals surface area contributed by atoms with Crippen LogP contribution in [-0.2, 0) is 27.0 Å². The van der Waals surface area contributed by atoms with Gasteiger partial charge in [-0.3, -0.25) is 19.8 Å². The molecule has 8 rings (SSSR count). The third-order valence-corrected chi connectivity index (χ3v) is 10.2. The van der Waals surface area contributed by atoms with Crippen molar-refractivity contribution in [2.24, 2.45) is 17.8 Å². The number of carbonyl (C=O) groups is 3. The molecule has 2 aromatic rings. The first kappa shape index (κ1) is 21.5. The number of hydrogen-bond donors (Lipinski definition) is 2. The summed E-state index contributed by atoms with van der Waals surface area (Å²) in [5.74, 6) is 1.64. The first-order chi connectivity index (χ1) is 16.9. The molecular formula is C26H29N5O3S. The van der Waals surface area contributed by atoms with Crippen molar-refractivity contribution in [2.75, 3.05) is 11.9 Å². The Morgan fingerprint density at radius 2 is 1.80 bits per heavy atom. The summed E-state index contributed by atoms with van der Waals surface area (Å²) < 4.78 is 0. The smallest absolute Gasteiger partial charge is 0.319 e. The van der Waals surface area contributed by atoms with E-state index < -0.39 is 17.5 Å². The lowest BCUT2D eigenvalue weighted by atomic mass is 9.50. The molecule has 4 saturated carbocycles. The molecule has 0 radical (unpaired) electrons. The van der Waals surface area contributed by atoms with Crippen molar-refractivity contribution < 1.29 is 14.4 Å².